The van der Waals surface area contributed by atoms with Crippen LogP contribution in [0.3, 0.4) is 0 Å². The molecule has 0 heteroatoms. The first-order valence-corrected chi connectivity index (χ1v) is 15.1. The van der Waals surface area contributed by atoms with Crippen molar-refractivity contribution in [2.24, 2.45) is 5.41 Å². The van der Waals surface area contributed by atoms with Crippen LogP contribution in [0.2, 0.25) is 0 Å². The zero-order valence-corrected chi connectivity index (χ0v) is 27.0. The quantitative estimate of drug-likeness (QED) is 0.302. The summed E-state index contributed by atoms with van der Waals surface area (Å²) in [5, 5.41) is 0. The molecule has 0 saturated carbocycles. The van der Waals surface area contributed by atoms with Gasteiger partial charge in [0.2, 0.25) is 0 Å². The highest BCUT2D eigenvalue weighted by Gasteiger charge is 2.55. The van der Waals surface area contributed by atoms with Crippen molar-refractivity contribution < 1.29 is 0 Å². The van der Waals surface area contributed by atoms with Crippen molar-refractivity contribution in [2.45, 2.75) is 129 Å². The van der Waals surface area contributed by atoms with Gasteiger partial charge < -0.3 is 0 Å². The second-order valence-electron chi connectivity index (χ2n) is 16.4. The molecule has 0 heterocycles. The Morgan fingerprint density at radius 1 is 0.564 bits per heavy atom. The molecule has 0 aliphatic heterocycles. The van der Waals surface area contributed by atoms with E-state index in [2.05, 4.69) is 156 Å². The van der Waals surface area contributed by atoms with Crippen molar-refractivity contribution in [1.82, 2.24) is 0 Å². The van der Waals surface area contributed by atoms with Gasteiger partial charge in [-0.25, -0.2) is 0 Å². The molecule has 0 spiro atoms. The Labute approximate surface area is 240 Å². The van der Waals surface area contributed by atoms with Gasteiger partial charge in [0, 0.05) is 0 Å². The summed E-state index contributed by atoms with van der Waals surface area (Å²) in [6, 6.07) is 27.7. The van der Waals surface area contributed by atoms with Crippen LogP contribution >= 0.6 is 0 Å². The minimum absolute atomic E-state index is 0.0555. The molecule has 0 radical (unpaired) electrons. The van der Waals surface area contributed by atoms with Gasteiger partial charge in [-0.2, -0.15) is 0 Å². The van der Waals surface area contributed by atoms with E-state index in [0.717, 1.165) is 12.8 Å². The largest absolute Gasteiger partial charge is 0.0620 e. The van der Waals surface area contributed by atoms with Gasteiger partial charge in [-0.3, -0.25) is 0 Å². The lowest BCUT2D eigenvalue weighted by atomic mass is 9.58. The fraction of sp³-hybridized carbons (Fsp3) is 0.538. The average Bonchev–Trinajstić information content (AvgIpc) is 3.05. The van der Waals surface area contributed by atoms with Gasteiger partial charge in [0.25, 0.3) is 0 Å². The van der Waals surface area contributed by atoms with Crippen molar-refractivity contribution in [1.29, 1.82) is 0 Å². The molecule has 4 rings (SSSR count). The van der Waals surface area contributed by atoms with Crippen molar-refractivity contribution in [3.05, 3.63) is 106 Å². The molecule has 39 heavy (non-hydrogen) atoms. The summed E-state index contributed by atoms with van der Waals surface area (Å²) in [4.78, 5) is 0. The molecule has 1 aliphatic rings. The maximum atomic E-state index is 2.56. The molecule has 0 amide bonds. The third kappa shape index (κ3) is 5.38. The summed E-state index contributed by atoms with van der Waals surface area (Å²) in [7, 11) is 0. The highest BCUT2D eigenvalue weighted by Crippen LogP contribution is 2.61. The van der Waals surface area contributed by atoms with Crippen LogP contribution in [0.25, 0.3) is 0 Å². The van der Waals surface area contributed by atoms with Crippen LogP contribution in [0.5, 0.6) is 0 Å². The van der Waals surface area contributed by atoms with Crippen molar-refractivity contribution in [3.8, 4) is 0 Å². The fourth-order valence-electron chi connectivity index (χ4n) is 8.10. The molecule has 0 saturated heterocycles. The molecule has 0 fully saturated rings. The van der Waals surface area contributed by atoms with Crippen LogP contribution in [-0.4, -0.2) is 0 Å². The molecule has 210 valence electrons. The average molecular weight is 523 g/mol. The SMILES string of the molecule is CC(C)(C)c1ccccc1CC(C)(C)C1(C)CC(C)(CC(C)(C)c2ccccc2C(C)(C)C)c2ccccc21. The predicted molar refractivity (Wildman–Crippen MR) is 171 cm³/mol. The van der Waals surface area contributed by atoms with Gasteiger partial charge in [0.1, 0.15) is 0 Å². The molecule has 1 aliphatic carbocycles. The lowest BCUT2D eigenvalue weighted by molar-refractivity contribution is 0.143. The Bertz CT molecular complexity index is 1320. The molecule has 0 N–H and O–H groups in total. The van der Waals surface area contributed by atoms with Crippen LogP contribution < -0.4 is 0 Å². The molecular formula is C39H54. The van der Waals surface area contributed by atoms with Crippen LogP contribution in [0.1, 0.15) is 129 Å². The second kappa shape index (κ2) is 9.64. The van der Waals surface area contributed by atoms with Gasteiger partial charge in [-0.15, -0.1) is 0 Å². The molecule has 2 atom stereocenters. The lowest BCUT2D eigenvalue weighted by Crippen LogP contribution is -2.42. The molecule has 0 nitrogen and oxygen atoms in total. The van der Waals surface area contributed by atoms with Gasteiger partial charge in [-0.1, -0.05) is 156 Å². The summed E-state index contributed by atoms with van der Waals surface area (Å²) < 4.78 is 0. The molecule has 3 aromatic carbocycles. The molecule has 0 bridgehead atoms. The maximum Gasteiger partial charge on any atom is -0.000968 e. The molecule has 0 aromatic heterocycles. The van der Waals surface area contributed by atoms with Crippen LogP contribution in [0.15, 0.2) is 72.8 Å². The number of benzene rings is 3. The van der Waals surface area contributed by atoms with Crippen LogP contribution in [0, 0.1) is 5.41 Å². The third-order valence-electron chi connectivity index (χ3n) is 10.2. The van der Waals surface area contributed by atoms with E-state index in [4.69, 9.17) is 0 Å². The number of fused-ring (bicyclic) bond motifs is 1. The van der Waals surface area contributed by atoms with Gasteiger partial charge in [0.05, 0.1) is 0 Å². The maximum absolute atomic E-state index is 2.56. The first-order valence-electron chi connectivity index (χ1n) is 15.1. The van der Waals surface area contributed by atoms with Crippen LogP contribution in [0.4, 0.5) is 0 Å². The zero-order chi connectivity index (χ0) is 29.1. The zero-order valence-electron chi connectivity index (χ0n) is 27.0. The Balaban J connectivity index is 1.77. The summed E-state index contributed by atoms with van der Waals surface area (Å²) in [6.45, 7) is 29.2. The Morgan fingerprint density at radius 3 is 1.59 bits per heavy atom. The topological polar surface area (TPSA) is 0 Å². The van der Waals surface area contributed by atoms with Gasteiger partial charge in [0.15, 0.2) is 0 Å². The first-order chi connectivity index (χ1) is 17.8. The van der Waals surface area contributed by atoms with Crippen molar-refractivity contribution >= 4 is 0 Å². The second-order valence-corrected chi connectivity index (χ2v) is 16.4. The number of hydrogen-bond acceptors (Lipinski definition) is 0. The van der Waals surface area contributed by atoms with Crippen LogP contribution in [-0.2, 0) is 33.5 Å². The Morgan fingerprint density at radius 2 is 1.03 bits per heavy atom. The van der Waals surface area contributed by atoms with E-state index in [9.17, 15) is 0 Å². The summed E-state index contributed by atoms with van der Waals surface area (Å²) in [5.74, 6) is 0. The molecular weight excluding hydrogens is 468 g/mol. The third-order valence-corrected chi connectivity index (χ3v) is 10.2. The highest BCUT2D eigenvalue weighted by atomic mass is 14.6. The molecule has 2 unspecified atom stereocenters. The van der Waals surface area contributed by atoms with Crippen molar-refractivity contribution in [3.63, 3.8) is 0 Å². The molecule has 3 aromatic rings. The Kier molecular flexibility index (Phi) is 7.33. The summed E-state index contributed by atoms with van der Waals surface area (Å²) in [5.41, 5.74) is 9.67. The monoisotopic (exact) mass is 522 g/mol. The summed E-state index contributed by atoms with van der Waals surface area (Å²) >= 11 is 0. The number of rotatable bonds is 6. The minimum Gasteiger partial charge on any atom is -0.0620 e. The van der Waals surface area contributed by atoms with Gasteiger partial charge >= 0.3 is 0 Å². The van der Waals surface area contributed by atoms with E-state index in [1.54, 1.807) is 11.1 Å². The highest BCUT2D eigenvalue weighted by molar-refractivity contribution is 5.49. The summed E-state index contributed by atoms with van der Waals surface area (Å²) in [6.07, 6.45) is 3.39. The normalized spacial score (nSPS) is 22.2. The predicted octanol–water partition coefficient (Wildman–Crippen LogP) is 10.8. The van der Waals surface area contributed by atoms with Crippen molar-refractivity contribution in [2.75, 3.05) is 0 Å². The van der Waals surface area contributed by atoms with E-state index in [1.165, 1.54) is 28.7 Å². The number of hydrogen-bond donors (Lipinski definition) is 0. The van der Waals surface area contributed by atoms with E-state index in [-0.39, 0.29) is 32.5 Å². The van der Waals surface area contributed by atoms with E-state index >= 15 is 0 Å². The first kappa shape index (κ1) is 29.6. The smallest absolute Gasteiger partial charge is 0.000968 e. The minimum atomic E-state index is 0.0555. The Hall–Kier alpha value is -2.34. The van der Waals surface area contributed by atoms with E-state index in [0.29, 0.717) is 0 Å². The lowest BCUT2D eigenvalue weighted by Gasteiger charge is -2.46. The fourth-order valence-corrected chi connectivity index (χ4v) is 8.10. The van der Waals surface area contributed by atoms with E-state index in [1.807, 2.05) is 0 Å². The van der Waals surface area contributed by atoms with E-state index < -0.39 is 0 Å². The van der Waals surface area contributed by atoms with Gasteiger partial charge in [-0.05, 0) is 85.1 Å². The standard InChI is InChI=1S/C39H54/c1-34(2,3)29-20-14-13-19-28(29)25-37(9,10)39(12)27-38(11,32-23-17-18-24-33(32)39)26-36(7,8)31-22-16-15-21-30(31)35(4,5)6/h13-24H,25-27H2,1-12H3.